The first kappa shape index (κ1) is 14.3. The normalized spacial score (nSPS) is 11.4. The average molecular weight is 295 g/mol. The maximum atomic E-state index is 11.9. The van der Waals surface area contributed by atoms with Gasteiger partial charge in [0.25, 0.3) is 0 Å². The van der Waals surface area contributed by atoms with Crippen LogP contribution in [0.4, 0.5) is 5.69 Å². The third kappa shape index (κ3) is 3.35. The van der Waals surface area contributed by atoms with E-state index in [1.165, 1.54) is 12.1 Å². The zero-order valence-corrected chi connectivity index (χ0v) is 11.2. The molecule has 0 amide bonds. The van der Waals surface area contributed by atoms with Gasteiger partial charge in [-0.1, -0.05) is 29.3 Å². The molecule has 0 fully saturated rings. The van der Waals surface area contributed by atoms with E-state index < -0.39 is 10.0 Å². The van der Waals surface area contributed by atoms with Crippen LogP contribution in [0.1, 0.15) is 6.42 Å². The van der Waals surface area contributed by atoms with Gasteiger partial charge in [0.15, 0.2) is 0 Å². The summed E-state index contributed by atoms with van der Waals surface area (Å²) >= 11 is 11.7. The number of sulfonamides is 1. The second-order valence-electron chi connectivity index (χ2n) is 3.25. The highest BCUT2D eigenvalue weighted by molar-refractivity contribution is 7.89. The predicted molar refractivity (Wildman–Crippen MR) is 70.9 cm³/mol. The van der Waals surface area contributed by atoms with Crippen molar-refractivity contribution >= 4 is 38.9 Å². The van der Waals surface area contributed by atoms with Crippen LogP contribution in [0.15, 0.2) is 29.7 Å². The van der Waals surface area contributed by atoms with Crippen LogP contribution in [-0.2, 0) is 10.0 Å². The second kappa shape index (κ2) is 5.73. The SMILES string of the molecule is C=CCCNS(=O)(=O)c1c(Cl)ccc(N)c1Cl. The summed E-state index contributed by atoms with van der Waals surface area (Å²) in [6.07, 6.45) is 2.11. The van der Waals surface area contributed by atoms with Gasteiger partial charge >= 0.3 is 0 Å². The quantitative estimate of drug-likeness (QED) is 0.498. The van der Waals surface area contributed by atoms with Gasteiger partial charge in [0.1, 0.15) is 4.90 Å². The Hall–Kier alpha value is -0.750. The molecule has 7 heteroatoms. The molecule has 0 spiro atoms. The van der Waals surface area contributed by atoms with Crippen molar-refractivity contribution in [3.8, 4) is 0 Å². The first-order valence-electron chi connectivity index (χ1n) is 4.74. The molecule has 0 aliphatic heterocycles. The molecule has 1 rings (SSSR count). The summed E-state index contributed by atoms with van der Waals surface area (Å²) in [4.78, 5) is -0.190. The van der Waals surface area contributed by atoms with Gasteiger partial charge in [-0.05, 0) is 18.6 Å². The molecular formula is C10H12Cl2N2O2S. The van der Waals surface area contributed by atoms with Crippen molar-refractivity contribution in [1.29, 1.82) is 0 Å². The molecule has 0 saturated carbocycles. The predicted octanol–water partition coefficient (Wildman–Crippen LogP) is 2.43. The van der Waals surface area contributed by atoms with Gasteiger partial charge in [0.05, 0.1) is 15.7 Å². The van der Waals surface area contributed by atoms with E-state index in [4.69, 9.17) is 28.9 Å². The van der Waals surface area contributed by atoms with Crippen LogP contribution in [0.25, 0.3) is 0 Å². The number of rotatable bonds is 5. The summed E-state index contributed by atoms with van der Waals surface area (Å²) < 4.78 is 26.2. The lowest BCUT2D eigenvalue weighted by atomic mass is 10.3. The van der Waals surface area contributed by atoms with Crippen molar-refractivity contribution in [1.82, 2.24) is 4.72 Å². The zero-order valence-electron chi connectivity index (χ0n) is 8.91. The lowest BCUT2D eigenvalue weighted by Gasteiger charge is -2.10. The number of hydrogen-bond donors (Lipinski definition) is 2. The summed E-state index contributed by atoms with van der Waals surface area (Å²) in [5.41, 5.74) is 5.71. The van der Waals surface area contributed by atoms with E-state index in [9.17, 15) is 8.42 Å². The van der Waals surface area contributed by atoms with Crippen LogP contribution < -0.4 is 10.5 Å². The molecular weight excluding hydrogens is 283 g/mol. The van der Waals surface area contributed by atoms with Crippen molar-refractivity contribution in [3.63, 3.8) is 0 Å². The summed E-state index contributed by atoms with van der Waals surface area (Å²) in [5, 5.41) is -0.0288. The molecule has 1 aromatic carbocycles. The van der Waals surface area contributed by atoms with E-state index >= 15 is 0 Å². The molecule has 0 unspecified atom stereocenters. The van der Waals surface area contributed by atoms with Crippen molar-refractivity contribution in [3.05, 3.63) is 34.8 Å². The van der Waals surface area contributed by atoms with E-state index in [1.54, 1.807) is 6.08 Å². The first-order valence-corrected chi connectivity index (χ1v) is 6.98. The highest BCUT2D eigenvalue weighted by atomic mass is 35.5. The molecule has 0 radical (unpaired) electrons. The van der Waals surface area contributed by atoms with Gasteiger partial charge in [0, 0.05) is 6.54 Å². The number of anilines is 1. The number of nitrogens with one attached hydrogen (secondary N) is 1. The van der Waals surface area contributed by atoms with Crippen molar-refractivity contribution < 1.29 is 8.42 Å². The number of hydrogen-bond acceptors (Lipinski definition) is 3. The first-order chi connectivity index (χ1) is 7.90. The largest absolute Gasteiger partial charge is 0.397 e. The molecule has 0 aliphatic rings. The molecule has 94 valence electrons. The third-order valence-corrected chi connectivity index (χ3v) is 4.48. The fraction of sp³-hybridized carbons (Fsp3) is 0.200. The van der Waals surface area contributed by atoms with Gasteiger partial charge < -0.3 is 5.73 Å². The second-order valence-corrected chi connectivity index (χ2v) is 5.74. The minimum atomic E-state index is -3.76. The number of nitrogen functional groups attached to an aromatic ring is 1. The summed E-state index contributed by atoms with van der Waals surface area (Å²) in [6.45, 7) is 3.72. The average Bonchev–Trinajstić information content (AvgIpc) is 2.24. The minimum absolute atomic E-state index is 0.0373. The van der Waals surface area contributed by atoms with E-state index in [2.05, 4.69) is 11.3 Å². The molecule has 0 bridgehead atoms. The molecule has 0 aromatic heterocycles. The van der Waals surface area contributed by atoms with Gasteiger partial charge in [0.2, 0.25) is 10.0 Å². The van der Waals surface area contributed by atoms with Crippen LogP contribution in [0.2, 0.25) is 10.0 Å². The summed E-state index contributed by atoms with van der Waals surface area (Å²) in [5.74, 6) is 0. The Labute approximate surface area is 110 Å². The fourth-order valence-corrected chi connectivity index (χ4v) is 3.35. The Morgan fingerprint density at radius 2 is 2.06 bits per heavy atom. The molecule has 4 nitrogen and oxygen atoms in total. The maximum Gasteiger partial charge on any atom is 0.243 e. The van der Waals surface area contributed by atoms with Crippen LogP contribution in [-0.4, -0.2) is 15.0 Å². The minimum Gasteiger partial charge on any atom is -0.397 e. The standard InChI is InChI=1S/C10H12Cl2N2O2S/c1-2-3-6-14-17(15,16)10-7(11)4-5-8(13)9(10)12/h2,4-5,14H,1,3,6,13H2. The highest BCUT2D eigenvalue weighted by Gasteiger charge is 2.22. The summed E-state index contributed by atoms with van der Waals surface area (Å²) in [7, 11) is -3.76. The fourth-order valence-electron chi connectivity index (χ4n) is 1.16. The molecule has 3 N–H and O–H groups in total. The van der Waals surface area contributed by atoms with Gasteiger partial charge in [-0.15, -0.1) is 6.58 Å². The van der Waals surface area contributed by atoms with Gasteiger partial charge in [-0.25, -0.2) is 13.1 Å². The lowest BCUT2D eigenvalue weighted by molar-refractivity contribution is 0.582. The summed E-state index contributed by atoms with van der Waals surface area (Å²) in [6, 6.07) is 2.85. The monoisotopic (exact) mass is 294 g/mol. The Morgan fingerprint density at radius 3 is 2.65 bits per heavy atom. The number of halogens is 2. The van der Waals surface area contributed by atoms with Crippen LogP contribution >= 0.6 is 23.2 Å². The van der Waals surface area contributed by atoms with Crippen LogP contribution in [0.5, 0.6) is 0 Å². The van der Waals surface area contributed by atoms with E-state index in [1.807, 2.05) is 0 Å². The molecule has 0 heterocycles. The van der Waals surface area contributed by atoms with Crippen LogP contribution in [0.3, 0.4) is 0 Å². The molecule has 0 aliphatic carbocycles. The Morgan fingerprint density at radius 1 is 1.41 bits per heavy atom. The zero-order chi connectivity index (χ0) is 13.1. The number of nitrogens with two attached hydrogens (primary N) is 1. The van der Waals surface area contributed by atoms with E-state index in [-0.39, 0.29) is 27.2 Å². The third-order valence-electron chi connectivity index (χ3n) is 1.99. The Bertz CT molecular complexity index is 529. The maximum absolute atomic E-state index is 11.9. The Balaban J connectivity index is 3.15. The van der Waals surface area contributed by atoms with Crippen molar-refractivity contribution in [2.24, 2.45) is 0 Å². The highest BCUT2D eigenvalue weighted by Crippen LogP contribution is 2.33. The van der Waals surface area contributed by atoms with Crippen LogP contribution in [0, 0.1) is 0 Å². The number of benzene rings is 1. The molecule has 0 saturated heterocycles. The lowest BCUT2D eigenvalue weighted by Crippen LogP contribution is -2.25. The van der Waals surface area contributed by atoms with E-state index in [0.29, 0.717) is 6.42 Å². The molecule has 17 heavy (non-hydrogen) atoms. The van der Waals surface area contributed by atoms with Gasteiger partial charge in [-0.2, -0.15) is 0 Å². The van der Waals surface area contributed by atoms with Crippen molar-refractivity contribution in [2.75, 3.05) is 12.3 Å². The van der Waals surface area contributed by atoms with Gasteiger partial charge in [-0.3, -0.25) is 0 Å². The molecule has 1 aromatic rings. The Kier molecular flexibility index (Phi) is 4.82. The smallest absolute Gasteiger partial charge is 0.243 e. The van der Waals surface area contributed by atoms with Crippen molar-refractivity contribution in [2.45, 2.75) is 11.3 Å². The topological polar surface area (TPSA) is 72.2 Å². The van der Waals surface area contributed by atoms with E-state index in [0.717, 1.165) is 0 Å². The molecule has 0 atom stereocenters.